The molecule has 142 valence electrons. The lowest BCUT2D eigenvalue weighted by atomic mass is 9.82. The van der Waals surface area contributed by atoms with E-state index in [1.807, 2.05) is 26.0 Å². The van der Waals surface area contributed by atoms with E-state index in [1.165, 1.54) is 0 Å². The van der Waals surface area contributed by atoms with Crippen LogP contribution in [0.3, 0.4) is 0 Å². The Labute approximate surface area is 161 Å². The van der Waals surface area contributed by atoms with Crippen molar-refractivity contribution in [3.8, 4) is 17.1 Å². The molecule has 6 nitrogen and oxygen atoms in total. The minimum atomic E-state index is -0.859. The molecule has 28 heavy (non-hydrogen) atoms. The number of fused-ring (bicyclic) bond motifs is 5. The fourth-order valence-corrected chi connectivity index (χ4v) is 4.61. The van der Waals surface area contributed by atoms with Crippen molar-refractivity contribution in [2.45, 2.75) is 45.3 Å². The summed E-state index contributed by atoms with van der Waals surface area (Å²) in [5.41, 5.74) is 3.58. The third-order valence-corrected chi connectivity index (χ3v) is 6.07. The van der Waals surface area contributed by atoms with E-state index in [0.29, 0.717) is 24.9 Å². The number of benzene rings is 1. The van der Waals surface area contributed by atoms with E-state index in [2.05, 4.69) is 0 Å². The smallest absolute Gasteiger partial charge is 0.311 e. The molecule has 0 saturated carbocycles. The summed E-state index contributed by atoms with van der Waals surface area (Å²) in [5, 5.41) is 10.6. The van der Waals surface area contributed by atoms with Crippen molar-refractivity contribution in [2.24, 2.45) is 0 Å². The minimum Gasteiger partial charge on any atom is -0.508 e. The van der Waals surface area contributed by atoms with Crippen LogP contribution in [0.25, 0.3) is 22.3 Å². The fraction of sp³-hybridized carbons (Fsp3) is 0.318. The Kier molecular flexibility index (Phi) is 3.44. The zero-order valence-corrected chi connectivity index (χ0v) is 15.8. The molecule has 4 heterocycles. The minimum absolute atomic E-state index is 0.103. The second-order valence-electron chi connectivity index (χ2n) is 7.55. The summed E-state index contributed by atoms with van der Waals surface area (Å²) in [6.45, 7) is 4.31. The number of nitrogens with zero attached hydrogens (tertiary/aromatic N) is 2. The number of esters is 1. The number of ether oxygens (including phenoxy) is 1. The number of aromatic nitrogens is 2. The Morgan fingerprint density at radius 1 is 1.14 bits per heavy atom. The van der Waals surface area contributed by atoms with Crippen molar-refractivity contribution in [1.29, 1.82) is 0 Å². The van der Waals surface area contributed by atoms with Crippen LogP contribution in [-0.2, 0) is 28.1 Å². The van der Waals surface area contributed by atoms with E-state index in [0.717, 1.165) is 33.4 Å². The van der Waals surface area contributed by atoms with E-state index >= 15 is 0 Å². The van der Waals surface area contributed by atoms with Gasteiger partial charge in [0.25, 0.3) is 5.56 Å². The van der Waals surface area contributed by atoms with Gasteiger partial charge in [0.05, 0.1) is 35.4 Å². The number of phenols is 1. The Morgan fingerprint density at radius 2 is 1.93 bits per heavy atom. The zero-order valence-electron chi connectivity index (χ0n) is 15.8. The monoisotopic (exact) mass is 376 g/mol. The quantitative estimate of drug-likeness (QED) is 0.543. The van der Waals surface area contributed by atoms with Gasteiger partial charge in [-0.2, -0.15) is 0 Å². The van der Waals surface area contributed by atoms with Crippen LogP contribution in [0, 0.1) is 0 Å². The largest absolute Gasteiger partial charge is 0.508 e. The third-order valence-electron chi connectivity index (χ3n) is 6.07. The summed E-state index contributed by atoms with van der Waals surface area (Å²) in [7, 11) is 0. The molecule has 0 fully saturated rings. The van der Waals surface area contributed by atoms with Crippen LogP contribution in [-0.4, -0.2) is 20.6 Å². The van der Waals surface area contributed by atoms with Crippen LogP contribution in [0.5, 0.6) is 5.75 Å². The first-order chi connectivity index (χ1) is 13.5. The van der Waals surface area contributed by atoms with Gasteiger partial charge in [-0.1, -0.05) is 13.8 Å². The van der Waals surface area contributed by atoms with Crippen molar-refractivity contribution in [2.75, 3.05) is 0 Å². The number of pyridine rings is 2. The van der Waals surface area contributed by atoms with E-state index in [4.69, 9.17) is 9.72 Å². The number of hydrogen-bond acceptors (Lipinski definition) is 5. The molecular formula is C22H20N2O4. The number of cyclic esters (lactones) is 1. The predicted octanol–water partition coefficient (Wildman–Crippen LogP) is 3.25. The van der Waals surface area contributed by atoms with Crippen molar-refractivity contribution in [3.63, 3.8) is 0 Å². The molecule has 0 aliphatic carbocycles. The maximum absolute atomic E-state index is 13.5. The normalized spacial score (nSPS) is 16.4. The van der Waals surface area contributed by atoms with Gasteiger partial charge in [-0.3, -0.25) is 9.59 Å². The molecule has 2 aromatic heterocycles. The van der Waals surface area contributed by atoms with Crippen LogP contribution in [0.2, 0.25) is 0 Å². The molecule has 5 rings (SSSR count). The average Bonchev–Trinajstić information content (AvgIpc) is 3.03. The Balaban J connectivity index is 1.77. The molecule has 1 aromatic carbocycles. The predicted molar refractivity (Wildman–Crippen MR) is 104 cm³/mol. The maximum atomic E-state index is 13.5. The Hall–Kier alpha value is -3.15. The van der Waals surface area contributed by atoms with Crippen molar-refractivity contribution < 1.29 is 14.6 Å². The number of phenolic OH excluding ortho intramolecular Hbond substituents is 1. The van der Waals surface area contributed by atoms with Gasteiger partial charge >= 0.3 is 5.97 Å². The van der Waals surface area contributed by atoms with Gasteiger partial charge < -0.3 is 14.4 Å². The molecule has 0 bridgehead atoms. The molecule has 2 aliphatic rings. The summed E-state index contributed by atoms with van der Waals surface area (Å²) in [4.78, 5) is 30.5. The molecule has 0 atom stereocenters. The van der Waals surface area contributed by atoms with Crippen LogP contribution in [0.4, 0.5) is 0 Å². The lowest BCUT2D eigenvalue weighted by molar-refractivity contribution is -0.164. The molecular weight excluding hydrogens is 356 g/mol. The molecule has 1 N–H and O–H groups in total. The molecule has 0 unspecified atom stereocenters. The zero-order chi connectivity index (χ0) is 19.6. The summed E-state index contributed by atoms with van der Waals surface area (Å²) < 4.78 is 7.43. The highest BCUT2D eigenvalue weighted by Crippen LogP contribution is 2.40. The molecule has 2 aliphatic heterocycles. The fourth-order valence-electron chi connectivity index (χ4n) is 4.61. The molecule has 0 spiro atoms. The SMILES string of the molecule is CCC1(CC)OC(=O)Cc2cc3n(c(=O)c21)Cc1cc2cc(O)ccc2nc1-3. The van der Waals surface area contributed by atoms with Gasteiger partial charge in [-0.25, -0.2) is 4.98 Å². The highest BCUT2D eigenvalue weighted by molar-refractivity contribution is 5.85. The van der Waals surface area contributed by atoms with Crippen LogP contribution in [0.15, 0.2) is 35.1 Å². The van der Waals surface area contributed by atoms with E-state index in [9.17, 15) is 14.7 Å². The van der Waals surface area contributed by atoms with Gasteiger partial charge in [0.15, 0.2) is 0 Å². The highest BCUT2D eigenvalue weighted by atomic mass is 16.6. The molecule has 6 heteroatoms. The number of hydrogen-bond donors (Lipinski definition) is 1. The second-order valence-corrected chi connectivity index (χ2v) is 7.55. The summed E-state index contributed by atoms with van der Waals surface area (Å²) in [6, 6.07) is 8.94. The number of rotatable bonds is 2. The van der Waals surface area contributed by atoms with Crippen LogP contribution >= 0.6 is 0 Å². The molecule has 0 amide bonds. The van der Waals surface area contributed by atoms with Gasteiger partial charge in [-0.15, -0.1) is 0 Å². The summed E-state index contributed by atoms with van der Waals surface area (Å²) >= 11 is 0. The van der Waals surface area contributed by atoms with E-state index < -0.39 is 5.60 Å². The second kappa shape index (κ2) is 5.67. The molecule has 3 aromatic rings. The summed E-state index contributed by atoms with van der Waals surface area (Å²) in [5.74, 6) is -0.107. The highest BCUT2D eigenvalue weighted by Gasteiger charge is 2.43. The average molecular weight is 376 g/mol. The van der Waals surface area contributed by atoms with Crippen LogP contribution in [0.1, 0.15) is 43.4 Å². The van der Waals surface area contributed by atoms with Gasteiger partial charge in [0.2, 0.25) is 0 Å². The third kappa shape index (κ3) is 2.17. The Bertz CT molecular complexity index is 1220. The number of carbonyl (C=O) groups is 1. The number of aromatic hydroxyl groups is 1. The Morgan fingerprint density at radius 3 is 2.68 bits per heavy atom. The first-order valence-corrected chi connectivity index (χ1v) is 9.58. The topological polar surface area (TPSA) is 81.4 Å². The number of carbonyl (C=O) groups excluding carboxylic acids is 1. The lowest BCUT2D eigenvalue weighted by Gasteiger charge is -2.36. The van der Waals surface area contributed by atoms with E-state index in [-0.39, 0.29) is 23.7 Å². The van der Waals surface area contributed by atoms with E-state index in [1.54, 1.807) is 22.8 Å². The van der Waals surface area contributed by atoms with Gasteiger partial charge in [0.1, 0.15) is 11.4 Å². The van der Waals surface area contributed by atoms with Crippen molar-refractivity contribution in [3.05, 3.63) is 57.4 Å². The molecule has 0 saturated heterocycles. The standard InChI is InChI=1S/C22H20N2O4/c1-3-22(4-2)19-13(10-18(26)28-22)9-17-20-14(11-24(17)21(19)27)7-12-8-15(25)5-6-16(12)23-20/h5-9,25H,3-4,10-11H2,1-2H3. The van der Waals surface area contributed by atoms with Gasteiger partial charge in [-0.05, 0) is 48.7 Å². The maximum Gasteiger partial charge on any atom is 0.311 e. The molecule has 0 radical (unpaired) electrons. The first kappa shape index (κ1) is 17.0. The summed E-state index contributed by atoms with van der Waals surface area (Å²) in [6.07, 6.45) is 1.23. The van der Waals surface area contributed by atoms with Gasteiger partial charge in [0, 0.05) is 10.9 Å². The lowest BCUT2D eigenvalue weighted by Crippen LogP contribution is -2.44. The van der Waals surface area contributed by atoms with Crippen molar-refractivity contribution >= 4 is 16.9 Å². The van der Waals surface area contributed by atoms with Crippen LogP contribution < -0.4 is 5.56 Å². The van der Waals surface area contributed by atoms with Crippen molar-refractivity contribution in [1.82, 2.24) is 9.55 Å². The first-order valence-electron chi connectivity index (χ1n) is 9.58.